The smallest absolute Gasteiger partial charge is 0.239 e. The molecular formula is C21H18N2O2S2. The average molecular weight is 395 g/mol. The van der Waals surface area contributed by atoms with Gasteiger partial charge in [-0.05, 0) is 47.9 Å². The van der Waals surface area contributed by atoms with Gasteiger partial charge in [-0.1, -0.05) is 42.5 Å². The van der Waals surface area contributed by atoms with Crippen molar-refractivity contribution >= 4 is 42.3 Å². The molecule has 0 bridgehead atoms. The van der Waals surface area contributed by atoms with Crippen molar-refractivity contribution in [2.75, 3.05) is 6.54 Å². The van der Waals surface area contributed by atoms with E-state index >= 15 is 0 Å². The molecule has 1 saturated heterocycles. The molecule has 1 fully saturated rings. The Morgan fingerprint density at radius 2 is 1.74 bits per heavy atom. The fourth-order valence-electron chi connectivity index (χ4n) is 3.77. The van der Waals surface area contributed by atoms with Crippen molar-refractivity contribution in [1.82, 2.24) is 9.29 Å². The summed E-state index contributed by atoms with van der Waals surface area (Å²) >= 11 is 1.59. The van der Waals surface area contributed by atoms with E-state index in [1.807, 2.05) is 54.6 Å². The van der Waals surface area contributed by atoms with Gasteiger partial charge in [0, 0.05) is 6.54 Å². The predicted octanol–water partition coefficient (Wildman–Crippen LogP) is 4.98. The Kier molecular flexibility index (Phi) is 4.00. The quantitative estimate of drug-likeness (QED) is 0.493. The molecule has 6 heteroatoms. The van der Waals surface area contributed by atoms with Crippen LogP contribution in [0.2, 0.25) is 0 Å². The first kappa shape index (κ1) is 16.9. The molecular weight excluding hydrogens is 376 g/mol. The maximum absolute atomic E-state index is 13.4. The fraction of sp³-hybridized carbons (Fsp3) is 0.190. The second kappa shape index (κ2) is 6.41. The highest BCUT2D eigenvalue weighted by Gasteiger charge is 2.37. The Morgan fingerprint density at radius 1 is 0.963 bits per heavy atom. The Labute approximate surface area is 162 Å². The van der Waals surface area contributed by atoms with Crippen molar-refractivity contribution in [3.63, 3.8) is 0 Å². The number of thiazole rings is 1. The number of nitrogens with zero attached hydrogens (tertiary/aromatic N) is 2. The predicted molar refractivity (Wildman–Crippen MR) is 109 cm³/mol. The highest BCUT2D eigenvalue weighted by atomic mass is 32.2. The zero-order valence-corrected chi connectivity index (χ0v) is 16.2. The minimum absolute atomic E-state index is 0.182. The topological polar surface area (TPSA) is 50.3 Å². The third-order valence-corrected chi connectivity index (χ3v) is 8.17. The van der Waals surface area contributed by atoms with E-state index in [0.717, 1.165) is 38.8 Å². The largest absolute Gasteiger partial charge is 0.243 e. The Morgan fingerprint density at radius 3 is 2.59 bits per heavy atom. The maximum Gasteiger partial charge on any atom is 0.243 e. The Balaban J connectivity index is 1.56. The summed E-state index contributed by atoms with van der Waals surface area (Å²) in [4.78, 5) is 5.07. The molecule has 0 amide bonds. The van der Waals surface area contributed by atoms with Gasteiger partial charge < -0.3 is 0 Å². The number of para-hydroxylation sites is 1. The van der Waals surface area contributed by atoms with E-state index in [1.54, 1.807) is 27.8 Å². The Bertz CT molecular complexity index is 1210. The first-order valence-corrected chi connectivity index (χ1v) is 11.2. The number of aromatic nitrogens is 1. The number of hydrogen-bond donors (Lipinski definition) is 0. The van der Waals surface area contributed by atoms with Crippen LogP contribution < -0.4 is 0 Å². The van der Waals surface area contributed by atoms with Gasteiger partial charge in [-0.15, -0.1) is 11.3 Å². The van der Waals surface area contributed by atoms with Gasteiger partial charge in [0.05, 0.1) is 21.2 Å². The van der Waals surface area contributed by atoms with E-state index in [1.165, 1.54) is 0 Å². The summed E-state index contributed by atoms with van der Waals surface area (Å²) in [5, 5.41) is 2.87. The number of hydrogen-bond acceptors (Lipinski definition) is 4. The van der Waals surface area contributed by atoms with E-state index in [9.17, 15) is 8.42 Å². The SMILES string of the molecule is O=S(=O)(c1ccc2ccccc2c1)N1CCC[C@@H]1c1nc2ccccc2s1. The maximum atomic E-state index is 13.4. The van der Waals surface area contributed by atoms with E-state index in [4.69, 9.17) is 4.98 Å². The molecule has 0 saturated carbocycles. The van der Waals surface area contributed by atoms with Gasteiger partial charge in [0.15, 0.2) is 0 Å². The van der Waals surface area contributed by atoms with Crippen molar-refractivity contribution in [3.05, 3.63) is 71.7 Å². The lowest BCUT2D eigenvalue weighted by atomic mass is 10.1. The first-order chi connectivity index (χ1) is 13.1. The standard InChI is InChI=1S/C21H18N2O2S2/c24-27(25,17-12-11-15-6-1-2-7-16(15)14-17)23-13-5-9-19(23)21-22-18-8-3-4-10-20(18)26-21/h1-4,6-8,10-12,14,19H,5,9,13H2/t19-/m1/s1. The van der Waals surface area contributed by atoms with Crippen LogP contribution in [-0.2, 0) is 10.0 Å². The molecule has 0 N–H and O–H groups in total. The summed E-state index contributed by atoms with van der Waals surface area (Å²) < 4.78 is 29.5. The van der Waals surface area contributed by atoms with Crippen LogP contribution in [0.3, 0.4) is 0 Å². The van der Waals surface area contributed by atoms with Crippen LogP contribution in [0.4, 0.5) is 0 Å². The van der Waals surface area contributed by atoms with E-state index in [-0.39, 0.29) is 6.04 Å². The minimum Gasteiger partial charge on any atom is -0.239 e. The third kappa shape index (κ3) is 2.84. The highest BCUT2D eigenvalue weighted by molar-refractivity contribution is 7.89. The summed E-state index contributed by atoms with van der Waals surface area (Å²) in [6.07, 6.45) is 1.67. The molecule has 4 aromatic rings. The Hall–Kier alpha value is -2.28. The van der Waals surface area contributed by atoms with Crippen LogP contribution >= 0.6 is 11.3 Å². The van der Waals surface area contributed by atoms with Crippen LogP contribution in [0.1, 0.15) is 23.9 Å². The van der Waals surface area contributed by atoms with Gasteiger partial charge in [0.2, 0.25) is 10.0 Å². The van der Waals surface area contributed by atoms with Gasteiger partial charge >= 0.3 is 0 Å². The lowest BCUT2D eigenvalue weighted by Crippen LogP contribution is -2.30. The number of benzene rings is 3. The lowest BCUT2D eigenvalue weighted by molar-refractivity contribution is 0.396. The van der Waals surface area contributed by atoms with Crippen molar-refractivity contribution < 1.29 is 8.42 Å². The normalized spacial score (nSPS) is 18.4. The van der Waals surface area contributed by atoms with Crippen molar-refractivity contribution in [3.8, 4) is 0 Å². The van der Waals surface area contributed by atoms with Gasteiger partial charge in [0.1, 0.15) is 5.01 Å². The number of rotatable bonds is 3. The molecule has 1 aliphatic rings. The first-order valence-electron chi connectivity index (χ1n) is 8.99. The van der Waals surface area contributed by atoms with Crippen LogP contribution in [0.15, 0.2) is 71.6 Å². The summed E-state index contributed by atoms with van der Waals surface area (Å²) in [6, 6.07) is 21.0. The molecule has 4 nitrogen and oxygen atoms in total. The van der Waals surface area contributed by atoms with Gasteiger partial charge in [-0.25, -0.2) is 13.4 Å². The molecule has 0 radical (unpaired) electrons. The summed E-state index contributed by atoms with van der Waals surface area (Å²) in [6.45, 7) is 0.537. The summed E-state index contributed by atoms with van der Waals surface area (Å²) in [5.41, 5.74) is 0.937. The fourth-order valence-corrected chi connectivity index (χ4v) is 6.65. The highest BCUT2D eigenvalue weighted by Crippen LogP contribution is 2.39. The molecule has 0 unspecified atom stereocenters. The van der Waals surface area contributed by atoms with Gasteiger partial charge in [0.25, 0.3) is 0 Å². The number of sulfonamides is 1. The monoisotopic (exact) mass is 394 g/mol. The van der Waals surface area contributed by atoms with E-state index in [2.05, 4.69) is 0 Å². The molecule has 136 valence electrons. The lowest BCUT2D eigenvalue weighted by Gasteiger charge is -2.22. The molecule has 1 aliphatic heterocycles. The molecule has 0 aliphatic carbocycles. The zero-order chi connectivity index (χ0) is 18.4. The molecule has 27 heavy (non-hydrogen) atoms. The van der Waals surface area contributed by atoms with E-state index in [0.29, 0.717) is 11.4 Å². The third-order valence-electron chi connectivity index (χ3n) is 5.13. The molecule has 1 aromatic heterocycles. The van der Waals surface area contributed by atoms with Crippen molar-refractivity contribution in [2.24, 2.45) is 0 Å². The summed E-state index contributed by atoms with van der Waals surface area (Å²) in [5.74, 6) is 0. The van der Waals surface area contributed by atoms with Gasteiger partial charge in [-0.3, -0.25) is 0 Å². The minimum atomic E-state index is -3.56. The van der Waals surface area contributed by atoms with Gasteiger partial charge in [-0.2, -0.15) is 4.31 Å². The summed E-state index contributed by atoms with van der Waals surface area (Å²) in [7, 11) is -3.56. The van der Waals surface area contributed by atoms with Crippen molar-refractivity contribution in [2.45, 2.75) is 23.8 Å². The zero-order valence-electron chi connectivity index (χ0n) is 14.6. The van der Waals surface area contributed by atoms with Crippen LogP contribution in [0.25, 0.3) is 21.0 Å². The van der Waals surface area contributed by atoms with Crippen LogP contribution in [0, 0.1) is 0 Å². The number of fused-ring (bicyclic) bond motifs is 2. The average Bonchev–Trinajstić information content (AvgIpc) is 3.34. The molecule has 1 atom stereocenters. The van der Waals surface area contributed by atoms with Crippen molar-refractivity contribution in [1.29, 1.82) is 0 Å². The second-order valence-corrected chi connectivity index (χ2v) is 9.76. The second-order valence-electron chi connectivity index (χ2n) is 6.80. The van der Waals surface area contributed by atoms with E-state index < -0.39 is 10.0 Å². The molecule has 2 heterocycles. The molecule has 0 spiro atoms. The molecule has 3 aromatic carbocycles. The van der Waals surface area contributed by atoms with Crippen LogP contribution in [0.5, 0.6) is 0 Å². The van der Waals surface area contributed by atoms with Crippen LogP contribution in [-0.4, -0.2) is 24.3 Å². The molecule has 5 rings (SSSR count).